The SMILES string of the molecule is C[C@H]1C=C[C@H]([C@H](NC(=O)OC(C)(C)C)[C@@H](COCc2ccccc2)OCc2ccccc2)C1. The minimum Gasteiger partial charge on any atom is -0.444 e. The fourth-order valence-electron chi connectivity index (χ4n) is 4.00. The van der Waals surface area contributed by atoms with E-state index in [-0.39, 0.29) is 18.1 Å². The number of carbonyl (C=O) groups is 1. The molecule has 5 heteroatoms. The number of alkyl carbamates (subject to hydrolysis) is 1. The first-order chi connectivity index (χ1) is 15.8. The molecule has 0 saturated heterocycles. The summed E-state index contributed by atoms with van der Waals surface area (Å²) in [5.74, 6) is 0.603. The molecule has 0 heterocycles. The third-order valence-corrected chi connectivity index (χ3v) is 5.58. The summed E-state index contributed by atoms with van der Waals surface area (Å²) in [6, 6.07) is 19.9. The Labute approximate surface area is 198 Å². The zero-order chi connectivity index (χ0) is 23.7. The van der Waals surface area contributed by atoms with E-state index in [4.69, 9.17) is 14.2 Å². The van der Waals surface area contributed by atoms with Crippen molar-refractivity contribution in [1.82, 2.24) is 5.32 Å². The van der Waals surface area contributed by atoms with Crippen molar-refractivity contribution < 1.29 is 19.0 Å². The van der Waals surface area contributed by atoms with Crippen LogP contribution in [0.4, 0.5) is 4.79 Å². The number of benzene rings is 2. The monoisotopic (exact) mass is 451 g/mol. The van der Waals surface area contributed by atoms with E-state index in [1.165, 1.54) is 0 Å². The molecule has 1 aliphatic carbocycles. The van der Waals surface area contributed by atoms with Gasteiger partial charge in [0.2, 0.25) is 0 Å². The van der Waals surface area contributed by atoms with Crippen LogP contribution in [-0.2, 0) is 27.4 Å². The van der Waals surface area contributed by atoms with Crippen LogP contribution < -0.4 is 5.32 Å². The van der Waals surface area contributed by atoms with E-state index in [9.17, 15) is 4.79 Å². The highest BCUT2D eigenvalue weighted by molar-refractivity contribution is 5.68. The van der Waals surface area contributed by atoms with Crippen LogP contribution in [0.15, 0.2) is 72.8 Å². The van der Waals surface area contributed by atoms with Gasteiger partial charge in [0.05, 0.1) is 25.9 Å². The van der Waals surface area contributed by atoms with Gasteiger partial charge in [-0.1, -0.05) is 79.7 Å². The van der Waals surface area contributed by atoms with E-state index in [1.807, 2.05) is 81.4 Å². The van der Waals surface area contributed by atoms with Gasteiger partial charge in [0, 0.05) is 5.92 Å². The predicted octanol–water partition coefficient (Wildman–Crippen LogP) is 5.89. The predicted molar refractivity (Wildman–Crippen MR) is 131 cm³/mol. The Bertz CT molecular complexity index is 876. The van der Waals surface area contributed by atoms with Crippen molar-refractivity contribution in [1.29, 1.82) is 0 Å². The third-order valence-electron chi connectivity index (χ3n) is 5.58. The molecule has 0 spiro atoms. The summed E-state index contributed by atoms with van der Waals surface area (Å²) in [6.45, 7) is 9.08. The Morgan fingerprint density at radius 3 is 2.12 bits per heavy atom. The van der Waals surface area contributed by atoms with Crippen LogP contribution in [0.25, 0.3) is 0 Å². The normalized spacial score (nSPS) is 19.8. The fourth-order valence-corrected chi connectivity index (χ4v) is 4.00. The van der Waals surface area contributed by atoms with E-state index in [1.54, 1.807) is 0 Å². The van der Waals surface area contributed by atoms with Crippen LogP contribution in [0.1, 0.15) is 45.2 Å². The van der Waals surface area contributed by atoms with Crippen molar-refractivity contribution in [2.24, 2.45) is 11.8 Å². The highest BCUT2D eigenvalue weighted by Gasteiger charge is 2.34. The molecule has 4 atom stereocenters. The van der Waals surface area contributed by atoms with E-state index in [0.29, 0.717) is 25.7 Å². The molecule has 0 bridgehead atoms. The van der Waals surface area contributed by atoms with Crippen molar-refractivity contribution in [3.8, 4) is 0 Å². The lowest BCUT2D eigenvalue weighted by atomic mass is 9.92. The smallest absolute Gasteiger partial charge is 0.407 e. The van der Waals surface area contributed by atoms with Crippen LogP contribution in [0.2, 0.25) is 0 Å². The quantitative estimate of drug-likeness (QED) is 0.457. The summed E-state index contributed by atoms with van der Waals surface area (Å²) < 4.78 is 18.0. The van der Waals surface area contributed by atoms with Crippen molar-refractivity contribution in [3.63, 3.8) is 0 Å². The lowest BCUT2D eigenvalue weighted by Gasteiger charge is -2.33. The first kappa shape index (κ1) is 25.0. The van der Waals surface area contributed by atoms with Gasteiger partial charge in [0.15, 0.2) is 0 Å². The number of nitrogens with one attached hydrogen (secondary N) is 1. The molecule has 3 rings (SSSR count). The lowest BCUT2D eigenvalue weighted by molar-refractivity contribution is -0.0558. The number of rotatable bonds is 10. The Kier molecular flexibility index (Phi) is 9.10. The second-order valence-electron chi connectivity index (χ2n) is 9.77. The van der Waals surface area contributed by atoms with Gasteiger partial charge in [-0.05, 0) is 44.2 Å². The summed E-state index contributed by atoms with van der Waals surface area (Å²) in [6.07, 6.45) is 4.57. The summed E-state index contributed by atoms with van der Waals surface area (Å²) in [5.41, 5.74) is 1.61. The number of ether oxygens (including phenoxy) is 3. The molecule has 0 saturated carbocycles. The second kappa shape index (κ2) is 12.0. The van der Waals surface area contributed by atoms with Gasteiger partial charge in [-0.15, -0.1) is 0 Å². The molecule has 0 aromatic heterocycles. The van der Waals surface area contributed by atoms with Gasteiger partial charge < -0.3 is 19.5 Å². The molecule has 178 valence electrons. The summed E-state index contributed by atoms with van der Waals surface area (Å²) in [5, 5.41) is 3.10. The first-order valence-corrected chi connectivity index (χ1v) is 11.8. The third kappa shape index (κ3) is 8.67. The maximum atomic E-state index is 12.7. The van der Waals surface area contributed by atoms with Gasteiger partial charge >= 0.3 is 6.09 Å². The molecule has 1 aliphatic rings. The van der Waals surface area contributed by atoms with E-state index < -0.39 is 11.7 Å². The highest BCUT2D eigenvalue weighted by Crippen LogP contribution is 2.29. The maximum absolute atomic E-state index is 12.7. The van der Waals surface area contributed by atoms with Crippen LogP contribution in [0.3, 0.4) is 0 Å². The second-order valence-corrected chi connectivity index (χ2v) is 9.77. The molecule has 0 aliphatic heterocycles. The largest absolute Gasteiger partial charge is 0.444 e. The Morgan fingerprint density at radius 1 is 0.970 bits per heavy atom. The number of allylic oxidation sites excluding steroid dienone is 1. The van der Waals surface area contributed by atoms with Crippen molar-refractivity contribution >= 4 is 6.09 Å². The van der Waals surface area contributed by atoms with Crippen molar-refractivity contribution in [3.05, 3.63) is 83.9 Å². The fraction of sp³-hybridized carbons (Fsp3) is 0.464. The number of carbonyl (C=O) groups excluding carboxylic acids is 1. The summed E-state index contributed by atoms with van der Waals surface area (Å²) in [4.78, 5) is 12.7. The molecule has 0 fully saturated rings. The van der Waals surface area contributed by atoms with Gasteiger partial charge in [-0.3, -0.25) is 0 Å². The van der Waals surface area contributed by atoms with Crippen molar-refractivity contribution in [2.45, 2.75) is 65.1 Å². The first-order valence-electron chi connectivity index (χ1n) is 11.8. The zero-order valence-corrected chi connectivity index (χ0v) is 20.2. The van der Waals surface area contributed by atoms with Crippen LogP contribution in [0, 0.1) is 11.8 Å². The average Bonchev–Trinajstić information content (AvgIpc) is 3.21. The number of amides is 1. The van der Waals surface area contributed by atoms with Crippen LogP contribution >= 0.6 is 0 Å². The summed E-state index contributed by atoms with van der Waals surface area (Å²) >= 11 is 0. The lowest BCUT2D eigenvalue weighted by Crippen LogP contribution is -2.51. The molecule has 2 aromatic rings. The van der Waals surface area contributed by atoms with Gasteiger partial charge in [0.25, 0.3) is 0 Å². The van der Waals surface area contributed by atoms with Crippen LogP contribution in [0.5, 0.6) is 0 Å². The molecular formula is C28H37NO4. The zero-order valence-electron chi connectivity index (χ0n) is 20.2. The van der Waals surface area contributed by atoms with Crippen LogP contribution in [-0.4, -0.2) is 30.4 Å². The topological polar surface area (TPSA) is 56.8 Å². The molecule has 1 N–H and O–H groups in total. The van der Waals surface area contributed by atoms with Crippen molar-refractivity contribution in [2.75, 3.05) is 6.61 Å². The average molecular weight is 452 g/mol. The maximum Gasteiger partial charge on any atom is 0.407 e. The summed E-state index contributed by atoms with van der Waals surface area (Å²) in [7, 11) is 0. The molecule has 0 radical (unpaired) electrons. The molecular weight excluding hydrogens is 414 g/mol. The Balaban J connectivity index is 1.74. The number of hydrogen-bond acceptors (Lipinski definition) is 4. The molecule has 1 amide bonds. The highest BCUT2D eigenvalue weighted by atomic mass is 16.6. The minimum atomic E-state index is -0.572. The Morgan fingerprint density at radius 2 is 1.58 bits per heavy atom. The molecule has 2 aromatic carbocycles. The number of hydrogen-bond donors (Lipinski definition) is 1. The molecule has 5 nitrogen and oxygen atoms in total. The van der Waals surface area contributed by atoms with Gasteiger partial charge in [0.1, 0.15) is 11.7 Å². The standard InChI is InChI=1S/C28H37NO4/c1-21-15-16-24(17-21)26(29-27(30)33-28(2,3)4)25(32-19-23-13-9-6-10-14-23)20-31-18-22-11-7-5-8-12-22/h5-16,21,24-26H,17-20H2,1-4H3,(H,29,30)/t21-,24-,25+,26-/m0/s1. The molecule has 33 heavy (non-hydrogen) atoms. The molecule has 0 unspecified atom stereocenters. The van der Waals surface area contributed by atoms with Gasteiger partial charge in [-0.2, -0.15) is 0 Å². The Hall–Kier alpha value is -2.63. The van der Waals surface area contributed by atoms with E-state index in [2.05, 4.69) is 24.4 Å². The minimum absolute atomic E-state index is 0.147. The van der Waals surface area contributed by atoms with Gasteiger partial charge in [-0.25, -0.2) is 4.79 Å². The van der Waals surface area contributed by atoms with E-state index in [0.717, 1.165) is 17.5 Å². The van der Waals surface area contributed by atoms with E-state index >= 15 is 0 Å².